The molecule has 2 aromatic rings. The van der Waals surface area contributed by atoms with E-state index in [-0.39, 0.29) is 136 Å². The van der Waals surface area contributed by atoms with Crippen molar-refractivity contribution in [1.82, 2.24) is 19.6 Å². The van der Waals surface area contributed by atoms with Gasteiger partial charge in [0.15, 0.2) is 0 Å². The van der Waals surface area contributed by atoms with E-state index >= 15 is 0 Å². The molecular weight excluding hydrogens is 671 g/mol. The summed E-state index contributed by atoms with van der Waals surface area (Å²) in [6.45, 7) is 35.4. The Bertz CT molecular complexity index is 1250. The molecule has 50 heavy (non-hydrogen) atoms. The Balaban J connectivity index is 0.00000625. The minimum absolute atomic E-state index is 0. The summed E-state index contributed by atoms with van der Waals surface area (Å²) < 4.78 is 0. The molecule has 0 N–H and O–H groups in total. The van der Waals surface area contributed by atoms with Crippen LogP contribution in [0.4, 0.5) is 0 Å². The second kappa shape index (κ2) is 20.4. The summed E-state index contributed by atoms with van der Waals surface area (Å²) in [6, 6.07) is 8.68. The summed E-state index contributed by atoms with van der Waals surface area (Å²) in [6.07, 6.45) is 2.10. The summed E-state index contributed by atoms with van der Waals surface area (Å²) in [5.74, 6) is 0.425. The number of hydrogen-bond donors (Lipinski definition) is 0. The van der Waals surface area contributed by atoms with Crippen LogP contribution in [0, 0.1) is 0 Å². The Morgan fingerprint density at radius 2 is 0.780 bits per heavy atom. The molecule has 8 heteroatoms. The monoisotopic (exact) mass is 740 g/mol. The molecule has 0 spiro atoms. The maximum absolute atomic E-state index is 13.8. The summed E-state index contributed by atoms with van der Waals surface area (Å²) >= 11 is 0. The van der Waals surface area contributed by atoms with Crippen molar-refractivity contribution in [3.05, 3.63) is 57.6 Å². The second-order valence-corrected chi connectivity index (χ2v) is 18.9. The maximum atomic E-state index is 13.8. The van der Waals surface area contributed by atoms with Crippen LogP contribution in [-0.2, 0) is 34.7 Å². The van der Waals surface area contributed by atoms with Crippen LogP contribution in [-0.4, -0.2) is 86.1 Å². The molecular formula is C42H70K2N4O2. The standard InChI is InChI=1S/C42H72N4O2.2K/c1-39(2,3)33-25-31(37(47)35(27-33)41(7,8)9)29-45-19-15-17-44(14)22-24-46(20-16-18-43(13)21-23-45)30-32-26-34(40(4,5)6)28-36(38(32)48)42(10,11)12;;/h25-28,47-48H,15-24,29-30H2,1-14H3;;/q;2*+1/p-2. The van der Waals surface area contributed by atoms with Gasteiger partial charge in [-0.25, -0.2) is 0 Å². The first-order valence-electron chi connectivity index (χ1n) is 18.5. The molecule has 0 radical (unpaired) electrons. The molecule has 0 bridgehead atoms. The van der Waals surface area contributed by atoms with Gasteiger partial charge < -0.3 is 20.0 Å². The SMILES string of the molecule is CN1CCCN(Cc2cc(C(C)(C)C)cc(C(C)(C)C)c2[O-])CCN(C)CCCN(Cc2cc(C(C)(C)C)cc(C(C)(C)C)c2[O-])CC1.[K+].[K+]. The third-order valence-corrected chi connectivity index (χ3v) is 10.1. The van der Waals surface area contributed by atoms with E-state index in [1.165, 1.54) is 11.1 Å². The Labute approximate surface area is 393 Å². The fourth-order valence-electron chi connectivity index (χ4n) is 6.59. The van der Waals surface area contributed by atoms with Gasteiger partial charge in [0, 0.05) is 39.3 Å². The molecule has 1 aliphatic heterocycles. The molecule has 0 unspecified atom stereocenters. The molecule has 1 heterocycles. The number of benzene rings is 2. The molecule has 272 valence electrons. The predicted molar refractivity (Wildman–Crippen MR) is 201 cm³/mol. The summed E-state index contributed by atoms with van der Waals surface area (Å²) in [5.41, 5.74) is 5.79. The number of nitrogens with zero attached hydrogens (tertiary/aromatic N) is 4. The van der Waals surface area contributed by atoms with Gasteiger partial charge in [-0.2, -0.15) is 0 Å². The zero-order valence-corrected chi connectivity index (χ0v) is 41.6. The second-order valence-electron chi connectivity index (χ2n) is 18.9. The first kappa shape index (κ1) is 49.2. The fraction of sp³-hybridized carbons (Fsp3) is 0.714. The molecule has 0 atom stereocenters. The largest absolute Gasteiger partial charge is 1.00 e. The number of rotatable bonds is 4. The van der Waals surface area contributed by atoms with E-state index in [1.54, 1.807) is 0 Å². The first-order chi connectivity index (χ1) is 22.0. The van der Waals surface area contributed by atoms with Crippen LogP contribution in [0.15, 0.2) is 24.3 Å². The predicted octanol–water partition coefficient (Wildman–Crippen LogP) is 0.993. The summed E-state index contributed by atoms with van der Waals surface area (Å²) in [4.78, 5) is 9.88. The van der Waals surface area contributed by atoms with E-state index in [1.807, 2.05) is 0 Å². The van der Waals surface area contributed by atoms with Crippen molar-refractivity contribution in [1.29, 1.82) is 0 Å². The van der Waals surface area contributed by atoms with Gasteiger partial charge in [0.2, 0.25) is 0 Å². The molecule has 1 aliphatic rings. The van der Waals surface area contributed by atoms with Gasteiger partial charge in [0.1, 0.15) is 0 Å². The Morgan fingerprint density at radius 3 is 1.06 bits per heavy atom. The van der Waals surface area contributed by atoms with E-state index in [9.17, 15) is 10.2 Å². The Morgan fingerprint density at radius 1 is 0.460 bits per heavy atom. The van der Waals surface area contributed by atoms with Crippen LogP contribution in [0.5, 0.6) is 11.5 Å². The molecule has 0 aliphatic carbocycles. The zero-order valence-electron chi connectivity index (χ0n) is 35.4. The summed E-state index contributed by atoms with van der Waals surface area (Å²) in [7, 11) is 4.44. The van der Waals surface area contributed by atoms with Crippen molar-refractivity contribution >= 4 is 0 Å². The molecule has 0 aromatic heterocycles. The van der Waals surface area contributed by atoms with Crippen molar-refractivity contribution in [3.63, 3.8) is 0 Å². The van der Waals surface area contributed by atoms with Crippen molar-refractivity contribution in [2.75, 3.05) is 66.5 Å². The summed E-state index contributed by atoms with van der Waals surface area (Å²) in [5, 5.41) is 27.6. The van der Waals surface area contributed by atoms with Gasteiger partial charge in [-0.15, -0.1) is 11.5 Å². The Kier molecular flexibility index (Phi) is 20.0. The van der Waals surface area contributed by atoms with Crippen LogP contribution in [0.25, 0.3) is 0 Å². The van der Waals surface area contributed by atoms with Gasteiger partial charge >= 0.3 is 103 Å². The van der Waals surface area contributed by atoms with E-state index < -0.39 is 0 Å². The van der Waals surface area contributed by atoms with Crippen LogP contribution in [0.1, 0.15) is 129 Å². The van der Waals surface area contributed by atoms with E-state index in [4.69, 9.17) is 0 Å². The van der Waals surface area contributed by atoms with Crippen molar-refractivity contribution in [2.45, 2.75) is 131 Å². The minimum Gasteiger partial charge on any atom is -0.872 e. The topological polar surface area (TPSA) is 59.1 Å². The first-order valence-corrected chi connectivity index (χ1v) is 18.5. The average molecular weight is 741 g/mol. The number of likely N-dealkylation sites (N-methyl/N-ethyl adjacent to an activating group) is 2. The normalized spacial score (nSPS) is 17.9. The molecule has 2 aromatic carbocycles. The van der Waals surface area contributed by atoms with Crippen LogP contribution in [0.2, 0.25) is 0 Å². The van der Waals surface area contributed by atoms with Gasteiger partial charge in [-0.1, -0.05) is 107 Å². The Hall–Kier alpha value is 1.15. The van der Waals surface area contributed by atoms with Crippen LogP contribution in [0.3, 0.4) is 0 Å². The smallest absolute Gasteiger partial charge is 0.872 e. The molecule has 6 nitrogen and oxygen atoms in total. The maximum Gasteiger partial charge on any atom is 1.00 e. The number of hydrogen-bond acceptors (Lipinski definition) is 6. The van der Waals surface area contributed by atoms with Gasteiger partial charge in [-0.05, 0) is 108 Å². The zero-order chi connectivity index (χ0) is 36.2. The molecule has 1 fully saturated rings. The third-order valence-electron chi connectivity index (χ3n) is 10.1. The average Bonchev–Trinajstić information content (AvgIpc) is 2.93. The quantitative estimate of drug-likeness (QED) is 0.437. The fourth-order valence-corrected chi connectivity index (χ4v) is 6.59. The minimum atomic E-state index is -0.192. The van der Waals surface area contributed by atoms with Crippen molar-refractivity contribution < 1.29 is 113 Å². The van der Waals surface area contributed by atoms with Crippen LogP contribution >= 0.6 is 0 Å². The molecule has 0 saturated carbocycles. The molecule has 3 rings (SSSR count). The van der Waals surface area contributed by atoms with Crippen molar-refractivity contribution in [3.8, 4) is 11.5 Å². The van der Waals surface area contributed by atoms with E-state index in [0.29, 0.717) is 13.1 Å². The molecule has 1 saturated heterocycles. The van der Waals surface area contributed by atoms with E-state index in [2.05, 4.69) is 141 Å². The van der Waals surface area contributed by atoms with Crippen LogP contribution < -0.4 is 113 Å². The molecule has 0 amide bonds. The van der Waals surface area contributed by atoms with Gasteiger partial charge in [0.25, 0.3) is 0 Å². The van der Waals surface area contributed by atoms with E-state index in [0.717, 1.165) is 87.5 Å². The van der Waals surface area contributed by atoms with Gasteiger partial charge in [-0.3, -0.25) is 9.80 Å². The van der Waals surface area contributed by atoms with Gasteiger partial charge in [0.05, 0.1) is 0 Å². The van der Waals surface area contributed by atoms with Crippen molar-refractivity contribution in [2.24, 2.45) is 0 Å². The third kappa shape index (κ3) is 15.0.